The Kier molecular flexibility index (Phi) is 2.70. The van der Waals surface area contributed by atoms with Gasteiger partial charge < -0.3 is 10.4 Å². The number of aromatic hydroxyl groups is 1. The smallest absolute Gasteiger partial charge is 0.116 e. The van der Waals surface area contributed by atoms with Crippen LogP contribution in [0, 0.1) is 0 Å². The van der Waals surface area contributed by atoms with Crippen molar-refractivity contribution in [1.29, 1.82) is 0 Å². The van der Waals surface area contributed by atoms with Crippen LogP contribution in [0.1, 0.15) is 5.56 Å². The van der Waals surface area contributed by atoms with Crippen LogP contribution in [0.2, 0.25) is 0 Å². The van der Waals surface area contributed by atoms with Crippen molar-refractivity contribution in [2.24, 2.45) is 0 Å². The van der Waals surface area contributed by atoms with Gasteiger partial charge in [0.25, 0.3) is 0 Å². The molecule has 14 heavy (non-hydrogen) atoms. The summed E-state index contributed by atoms with van der Waals surface area (Å²) in [7, 11) is 1.95. The van der Waals surface area contributed by atoms with Crippen LogP contribution < -0.4 is 5.32 Å². The highest BCUT2D eigenvalue weighted by molar-refractivity contribution is 7.17. The van der Waals surface area contributed by atoms with E-state index in [0.717, 1.165) is 13.0 Å². The van der Waals surface area contributed by atoms with E-state index in [1.54, 1.807) is 17.4 Å². The molecule has 0 bridgehead atoms. The molecule has 74 valence electrons. The van der Waals surface area contributed by atoms with Gasteiger partial charge in [-0.15, -0.1) is 11.3 Å². The predicted octanol–water partition coefficient (Wildman–Crippen LogP) is 2.37. The van der Waals surface area contributed by atoms with Crippen LogP contribution in [0.5, 0.6) is 5.75 Å². The quantitative estimate of drug-likeness (QED) is 0.810. The number of thiophene rings is 1. The molecule has 0 aliphatic carbocycles. The average Bonchev–Trinajstić information content (AvgIpc) is 2.57. The second kappa shape index (κ2) is 3.98. The Morgan fingerprint density at radius 2 is 2.29 bits per heavy atom. The minimum Gasteiger partial charge on any atom is -0.508 e. The minimum absolute atomic E-state index is 0.349. The molecule has 0 amide bonds. The topological polar surface area (TPSA) is 32.3 Å². The Bertz CT molecular complexity index is 436. The SMILES string of the molecule is CNCCc1csc2ccc(O)cc12. The average molecular weight is 207 g/mol. The second-order valence-corrected chi connectivity index (χ2v) is 4.21. The van der Waals surface area contributed by atoms with Crippen molar-refractivity contribution in [3.05, 3.63) is 29.1 Å². The molecule has 0 aliphatic rings. The van der Waals surface area contributed by atoms with Gasteiger partial charge in [-0.3, -0.25) is 0 Å². The Morgan fingerprint density at radius 3 is 3.07 bits per heavy atom. The van der Waals surface area contributed by atoms with Crippen molar-refractivity contribution in [1.82, 2.24) is 5.32 Å². The highest BCUT2D eigenvalue weighted by atomic mass is 32.1. The summed E-state index contributed by atoms with van der Waals surface area (Å²) in [6.45, 7) is 0.974. The number of phenols is 1. The summed E-state index contributed by atoms with van der Waals surface area (Å²) < 4.78 is 1.24. The highest BCUT2D eigenvalue weighted by Gasteiger charge is 2.03. The lowest BCUT2D eigenvalue weighted by Gasteiger charge is -1.99. The molecular weight excluding hydrogens is 194 g/mol. The number of fused-ring (bicyclic) bond motifs is 1. The Balaban J connectivity index is 2.40. The van der Waals surface area contributed by atoms with Gasteiger partial charge in [-0.05, 0) is 54.5 Å². The van der Waals surface area contributed by atoms with Gasteiger partial charge in [-0.2, -0.15) is 0 Å². The third-order valence-electron chi connectivity index (χ3n) is 2.28. The Labute approximate surface area is 87.2 Å². The number of hydrogen-bond acceptors (Lipinski definition) is 3. The van der Waals surface area contributed by atoms with E-state index in [1.165, 1.54) is 15.6 Å². The van der Waals surface area contributed by atoms with E-state index in [0.29, 0.717) is 5.75 Å². The van der Waals surface area contributed by atoms with Crippen LogP contribution in [-0.4, -0.2) is 18.7 Å². The van der Waals surface area contributed by atoms with Crippen molar-refractivity contribution < 1.29 is 5.11 Å². The standard InChI is InChI=1S/C11H13NOS/c1-12-5-4-8-7-14-11-3-2-9(13)6-10(8)11/h2-3,6-7,12-13H,4-5H2,1H3. The molecule has 2 rings (SSSR count). The van der Waals surface area contributed by atoms with Gasteiger partial charge in [-0.25, -0.2) is 0 Å². The number of likely N-dealkylation sites (N-methyl/N-ethyl adjacent to an activating group) is 1. The van der Waals surface area contributed by atoms with Gasteiger partial charge >= 0.3 is 0 Å². The van der Waals surface area contributed by atoms with Crippen LogP contribution in [-0.2, 0) is 6.42 Å². The van der Waals surface area contributed by atoms with Gasteiger partial charge in [0.1, 0.15) is 5.75 Å². The van der Waals surface area contributed by atoms with Gasteiger partial charge in [0, 0.05) is 4.70 Å². The zero-order chi connectivity index (χ0) is 9.97. The summed E-state index contributed by atoms with van der Waals surface area (Å²) in [5.74, 6) is 0.349. The second-order valence-electron chi connectivity index (χ2n) is 3.29. The molecule has 0 fully saturated rings. The largest absolute Gasteiger partial charge is 0.508 e. The zero-order valence-electron chi connectivity index (χ0n) is 8.08. The number of rotatable bonds is 3. The van der Waals surface area contributed by atoms with Gasteiger partial charge in [0.05, 0.1) is 0 Å². The maximum Gasteiger partial charge on any atom is 0.116 e. The summed E-state index contributed by atoms with van der Waals surface area (Å²) >= 11 is 1.73. The first-order valence-electron chi connectivity index (χ1n) is 4.65. The lowest BCUT2D eigenvalue weighted by molar-refractivity contribution is 0.476. The van der Waals surface area contributed by atoms with Crippen molar-refractivity contribution >= 4 is 21.4 Å². The molecule has 0 aliphatic heterocycles. The summed E-state index contributed by atoms with van der Waals surface area (Å²) in [4.78, 5) is 0. The molecule has 2 nitrogen and oxygen atoms in total. The van der Waals surface area contributed by atoms with E-state index in [1.807, 2.05) is 19.2 Å². The maximum atomic E-state index is 9.39. The molecule has 0 spiro atoms. The summed E-state index contributed by atoms with van der Waals surface area (Å²) in [5.41, 5.74) is 1.32. The van der Waals surface area contributed by atoms with E-state index >= 15 is 0 Å². The van der Waals surface area contributed by atoms with Crippen LogP contribution in [0.25, 0.3) is 10.1 Å². The number of benzene rings is 1. The van der Waals surface area contributed by atoms with Crippen molar-refractivity contribution in [2.75, 3.05) is 13.6 Å². The number of nitrogens with one attached hydrogen (secondary N) is 1. The van der Waals surface area contributed by atoms with E-state index in [-0.39, 0.29) is 0 Å². The fourth-order valence-corrected chi connectivity index (χ4v) is 2.50. The first kappa shape index (κ1) is 9.49. The fourth-order valence-electron chi connectivity index (χ4n) is 1.52. The van der Waals surface area contributed by atoms with Gasteiger partial charge in [0.15, 0.2) is 0 Å². The molecular formula is C11H13NOS. The van der Waals surface area contributed by atoms with Crippen LogP contribution in [0.15, 0.2) is 23.6 Å². The zero-order valence-corrected chi connectivity index (χ0v) is 8.90. The lowest BCUT2D eigenvalue weighted by Crippen LogP contribution is -2.09. The molecule has 1 aromatic carbocycles. The van der Waals surface area contributed by atoms with Crippen LogP contribution in [0.3, 0.4) is 0 Å². The van der Waals surface area contributed by atoms with Crippen molar-refractivity contribution in [2.45, 2.75) is 6.42 Å². The summed E-state index contributed by atoms with van der Waals surface area (Å²) in [6, 6.07) is 5.55. The molecule has 2 N–H and O–H groups in total. The van der Waals surface area contributed by atoms with E-state index in [4.69, 9.17) is 0 Å². The monoisotopic (exact) mass is 207 g/mol. The number of hydrogen-bond donors (Lipinski definition) is 2. The molecule has 0 saturated heterocycles. The van der Waals surface area contributed by atoms with Crippen molar-refractivity contribution in [3.8, 4) is 5.75 Å². The first-order valence-corrected chi connectivity index (χ1v) is 5.53. The predicted molar refractivity (Wildman–Crippen MR) is 61.1 cm³/mol. The summed E-state index contributed by atoms with van der Waals surface area (Å²) in [6.07, 6.45) is 1.01. The lowest BCUT2D eigenvalue weighted by atomic mass is 10.1. The molecule has 1 heterocycles. The highest BCUT2D eigenvalue weighted by Crippen LogP contribution is 2.29. The van der Waals surface area contributed by atoms with Gasteiger partial charge in [0.2, 0.25) is 0 Å². The molecule has 0 atom stereocenters. The third-order valence-corrected chi connectivity index (χ3v) is 3.29. The minimum atomic E-state index is 0.349. The normalized spacial score (nSPS) is 10.9. The van der Waals surface area contributed by atoms with Crippen LogP contribution >= 0.6 is 11.3 Å². The molecule has 0 radical (unpaired) electrons. The molecule has 2 aromatic rings. The molecule has 1 aromatic heterocycles. The maximum absolute atomic E-state index is 9.39. The summed E-state index contributed by atoms with van der Waals surface area (Å²) in [5, 5.41) is 15.9. The van der Waals surface area contributed by atoms with E-state index in [2.05, 4.69) is 10.7 Å². The number of phenolic OH excluding ortho intramolecular Hbond substituents is 1. The first-order chi connectivity index (χ1) is 6.81. The van der Waals surface area contributed by atoms with Gasteiger partial charge in [-0.1, -0.05) is 0 Å². The Hall–Kier alpha value is -1.06. The molecule has 3 heteroatoms. The third kappa shape index (κ3) is 1.74. The van der Waals surface area contributed by atoms with Crippen LogP contribution in [0.4, 0.5) is 0 Å². The van der Waals surface area contributed by atoms with Crippen molar-refractivity contribution in [3.63, 3.8) is 0 Å². The molecule has 0 saturated carbocycles. The van der Waals surface area contributed by atoms with E-state index < -0.39 is 0 Å². The van der Waals surface area contributed by atoms with E-state index in [9.17, 15) is 5.11 Å². The fraction of sp³-hybridized carbons (Fsp3) is 0.273. The Morgan fingerprint density at radius 1 is 1.43 bits per heavy atom. The molecule has 0 unspecified atom stereocenters.